The van der Waals surface area contributed by atoms with Crippen LogP contribution in [0, 0.1) is 0 Å². The van der Waals surface area contributed by atoms with Gasteiger partial charge < -0.3 is 14.4 Å². The number of nitrogens with zero attached hydrogens (tertiary/aromatic N) is 1. The lowest BCUT2D eigenvalue weighted by Gasteiger charge is -2.21. The van der Waals surface area contributed by atoms with Gasteiger partial charge in [0, 0.05) is 13.2 Å². The van der Waals surface area contributed by atoms with Gasteiger partial charge in [0.2, 0.25) is 0 Å². The number of hydrogen-bond acceptors (Lipinski definition) is 3. The molecule has 12 heavy (non-hydrogen) atoms. The first-order valence-electron chi connectivity index (χ1n) is 4.35. The largest absolute Gasteiger partial charge is 0.382 e. The molecule has 0 aromatic heterocycles. The maximum Gasteiger partial charge on any atom is 0.0781 e. The number of hydrogen-bond donors (Lipinski definition) is 0. The summed E-state index contributed by atoms with van der Waals surface area (Å²) in [7, 11) is 5.79. The van der Waals surface area contributed by atoms with E-state index in [4.69, 9.17) is 9.47 Å². The number of ether oxygens (including phenoxy) is 2. The van der Waals surface area contributed by atoms with E-state index < -0.39 is 0 Å². The van der Waals surface area contributed by atoms with E-state index in [1.807, 2.05) is 6.92 Å². The fourth-order valence-electron chi connectivity index (χ4n) is 0.735. The van der Waals surface area contributed by atoms with Gasteiger partial charge in [0.25, 0.3) is 0 Å². The number of methoxy groups -OCH3 is 1. The first-order valence-corrected chi connectivity index (χ1v) is 4.35. The number of rotatable bonds is 6. The third-order valence-corrected chi connectivity index (χ3v) is 1.90. The van der Waals surface area contributed by atoms with E-state index in [1.165, 1.54) is 0 Å². The minimum Gasteiger partial charge on any atom is -0.382 e. The topological polar surface area (TPSA) is 21.7 Å². The molecule has 2 unspecified atom stereocenters. The molecule has 0 saturated heterocycles. The van der Waals surface area contributed by atoms with Crippen LogP contribution in [0.15, 0.2) is 0 Å². The van der Waals surface area contributed by atoms with Crippen molar-refractivity contribution in [1.29, 1.82) is 0 Å². The van der Waals surface area contributed by atoms with Crippen LogP contribution in [0.1, 0.15) is 13.8 Å². The van der Waals surface area contributed by atoms with E-state index in [-0.39, 0.29) is 6.10 Å². The average molecular weight is 175 g/mol. The van der Waals surface area contributed by atoms with Gasteiger partial charge in [0.15, 0.2) is 0 Å². The summed E-state index contributed by atoms with van der Waals surface area (Å²) in [4.78, 5) is 2.14. The summed E-state index contributed by atoms with van der Waals surface area (Å²) >= 11 is 0. The Balaban J connectivity index is 3.40. The van der Waals surface area contributed by atoms with Crippen molar-refractivity contribution in [3.63, 3.8) is 0 Å². The molecule has 0 bridgehead atoms. The number of likely N-dealkylation sites (N-methyl/N-ethyl adjacent to an activating group) is 1. The highest BCUT2D eigenvalue weighted by molar-refractivity contribution is 4.58. The lowest BCUT2D eigenvalue weighted by Crippen LogP contribution is -2.31. The molecule has 3 heteroatoms. The predicted octanol–water partition coefficient (Wildman–Crippen LogP) is 0.988. The molecule has 0 aliphatic heterocycles. The maximum absolute atomic E-state index is 5.54. The molecule has 0 saturated carbocycles. The van der Waals surface area contributed by atoms with E-state index >= 15 is 0 Å². The van der Waals surface area contributed by atoms with Crippen molar-refractivity contribution < 1.29 is 9.47 Å². The van der Waals surface area contributed by atoms with Crippen LogP contribution in [0.2, 0.25) is 0 Å². The molecule has 0 N–H and O–H groups in total. The molecular weight excluding hydrogens is 154 g/mol. The molecular formula is C9H21NO2. The van der Waals surface area contributed by atoms with Gasteiger partial charge in [0.05, 0.1) is 19.3 Å². The highest BCUT2D eigenvalue weighted by atomic mass is 16.5. The van der Waals surface area contributed by atoms with Crippen molar-refractivity contribution in [2.24, 2.45) is 0 Å². The summed E-state index contributed by atoms with van der Waals surface area (Å²) in [5, 5.41) is 0. The van der Waals surface area contributed by atoms with Crippen LogP contribution in [0.25, 0.3) is 0 Å². The normalized spacial score (nSPS) is 16.5. The summed E-state index contributed by atoms with van der Waals surface area (Å²) in [6.07, 6.45) is 0.192. The van der Waals surface area contributed by atoms with Gasteiger partial charge in [-0.3, -0.25) is 0 Å². The lowest BCUT2D eigenvalue weighted by atomic mass is 10.3. The Morgan fingerprint density at radius 3 is 2.17 bits per heavy atom. The van der Waals surface area contributed by atoms with Crippen LogP contribution in [0.4, 0.5) is 0 Å². The second-order valence-corrected chi connectivity index (χ2v) is 3.41. The van der Waals surface area contributed by atoms with Gasteiger partial charge in [-0.1, -0.05) is 0 Å². The van der Waals surface area contributed by atoms with Crippen LogP contribution >= 0.6 is 0 Å². The van der Waals surface area contributed by atoms with Crippen LogP contribution in [-0.2, 0) is 9.47 Å². The Bertz CT molecular complexity index is 107. The van der Waals surface area contributed by atoms with Gasteiger partial charge in [-0.25, -0.2) is 0 Å². The highest BCUT2D eigenvalue weighted by Gasteiger charge is 2.07. The van der Waals surface area contributed by atoms with Crippen molar-refractivity contribution >= 4 is 0 Å². The summed E-state index contributed by atoms with van der Waals surface area (Å²) in [5.74, 6) is 0. The molecule has 0 aliphatic carbocycles. The molecule has 3 nitrogen and oxygen atoms in total. The smallest absolute Gasteiger partial charge is 0.0781 e. The maximum atomic E-state index is 5.54. The SMILES string of the molecule is COCC(C)OCC(C)N(C)C. The van der Waals surface area contributed by atoms with E-state index in [0.717, 1.165) is 6.61 Å². The monoisotopic (exact) mass is 175 g/mol. The lowest BCUT2D eigenvalue weighted by molar-refractivity contribution is -0.00955. The highest BCUT2D eigenvalue weighted by Crippen LogP contribution is 1.97. The zero-order valence-electron chi connectivity index (χ0n) is 8.83. The van der Waals surface area contributed by atoms with Gasteiger partial charge in [-0.05, 0) is 27.9 Å². The van der Waals surface area contributed by atoms with E-state index in [9.17, 15) is 0 Å². The summed E-state index contributed by atoms with van der Waals surface area (Å²) in [6.45, 7) is 5.59. The first kappa shape index (κ1) is 11.9. The van der Waals surface area contributed by atoms with Crippen molar-refractivity contribution in [2.75, 3.05) is 34.4 Å². The summed E-state index contributed by atoms with van der Waals surface area (Å²) in [6, 6.07) is 0.462. The molecule has 0 aromatic rings. The Morgan fingerprint density at radius 2 is 1.75 bits per heavy atom. The van der Waals surface area contributed by atoms with Crippen molar-refractivity contribution in [2.45, 2.75) is 26.0 Å². The molecule has 0 spiro atoms. The molecule has 0 heterocycles. The zero-order chi connectivity index (χ0) is 9.56. The van der Waals surface area contributed by atoms with Crippen LogP contribution < -0.4 is 0 Å². The van der Waals surface area contributed by atoms with E-state index in [2.05, 4.69) is 25.9 Å². The molecule has 74 valence electrons. The molecule has 0 aromatic carbocycles. The van der Waals surface area contributed by atoms with Crippen molar-refractivity contribution in [3.8, 4) is 0 Å². The zero-order valence-corrected chi connectivity index (χ0v) is 8.83. The summed E-state index contributed by atoms with van der Waals surface area (Å²) < 4.78 is 10.5. The standard InChI is InChI=1S/C9H21NO2/c1-8(10(3)4)6-12-9(2)7-11-5/h8-9H,6-7H2,1-5H3. The van der Waals surface area contributed by atoms with E-state index in [0.29, 0.717) is 12.6 Å². The molecule has 2 atom stereocenters. The quantitative estimate of drug-likeness (QED) is 0.601. The van der Waals surface area contributed by atoms with Crippen molar-refractivity contribution in [1.82, 2.24) is 4.90 Å². The Morgan fingerprint density at radius 1 is 1.17 bits per heavy atom. The summed E-state index contributed by atoms with van der Waals surface area (Å²) in [5.41, 5.74) is 0. The molecule has 0 fully saturated rings. The van der Waals surface area contributed by atoms with Gasteiger partial charge in [0.1, 0.15) is 0 Å². The fraction of sp³-hybridized carbons (Fsp3) is 1.00. The second kappa shape index (κ2) is 6.40. The van der Waals surface area contributed by atoms with Crippen LogP contribution in [-0.4, -0.2) is 51.5 Å². The first-order chi connectivity index (χ1) is 5.57. The third kappa shape index (κ3) is 5.52. The van der Waals surface area contributed by atoms with Crippen molar-refractivity contribution in [3.05, 3.63) is 0 Å². The van der Waals surface area contributed by atoms with E-state index in [1.54, 1.807) is 7.11 Å². The second-order valence-electron chi connectivity index (χ2n) is 3.41. The molecule has 0 rings (SSSR count). The predicted molar refractivity (Wildman–Crippen MR) is 50.4 cm³/mol. The van der Waals surface area contributed by atoms with Gasteiger partial charge in [-0.2, -0.15) is 0 Å². The molecule has 0 amide bonds. The van der Waals surface area contributed by atoms with Crippen LogP contribution in [0.5, 0.6) is 0 Å². The average Bonchev–Trinajstić information content (AvgIpc) is 2.00. The Labute approximate surface area is 75.6 Å². The molecule has 0 aliphatic rings. The minimum atomic E-state index is 0.192. The molecule has 0 radical (unpaired) electrons. The Hall–Kier alpha value is -0.120. The van der Waals surface area contributed by atoms with Gasteiger partial charge in [-0.15, -0.1) is 0 Å². The third-order valence-electron chi connectivity index (χ3n) is 1.90. The Kier molecular flexibility index (Phi) is 6.34. The van der Waals surface area contributed by atoms with Crippen LogP contribution in [0.3, 0.4) is 0 Å². The van der Waals surface area contributed by atoms with Gasteiger partial charge >= 0.3 is 0 Å². The fourth-order valence-corrected chi connectivity index (χ4v) is 0.735. The minimum absolute atomic E-state index is 0.192.